The SMILES string of the molecule is NNc1nccc(Nc2ccsc2)n1. The van der Waals surface area contributed by atoms with Crippen molar-refractivity contribution in [2.24, 2.45) is 5.84 Å². The lowest BCUT2D eigenvalue weighted by Crippen LogP contribution is -2.10. The summed E-state index contributed by atoms with van der Waals surface area (Å²) in [6, 6.07) is 3.75. The van der Waals surface area contributed by atoms with E-state index in [4.69, 9.17) is 5.84 Å². The van der Waals surface area contributed by atoms with Crippen LogP contribution in [0, 0.1) is 0 Å². The van der Waals surface area contributed by atoms with Gasteiger partial charge in [-0.05, 0) is 17.5 Å². The largest absolute Gasteiger partial charge is 0.339 e. The smallest absolute Gasteiger partial charge is 0.239 e. The first-order valence-corrected chi connectivity index (χ1v) is 4.91. The van der Waals surface area contributed by atoms with Crippen molar-refractivity contribution in [2.45, 2.75) is 0 Å². The maximum absolute atomic E-state index is 5.19. The van der Waals surface area contributed by atoms with Crippen LogP contribution < -0.4 is 16.6 Å². The second-order valence-electron chi connectivity index (χ2n) is 2.55. The molecule has 2 aromatic heterocycles. The van der Waals surface area contributed by atoms with Crippen molar-refractivity contribution in [3.8, 4) is 0 Å². The molecule has 0 unspecified atom stereocenters. The van der Waals surface area contributed by atoms with Gasteiger partial charge >= 0.3 is 0 Å². The van der Waals surface area contributed by atoms with Gasteiger partial charge in [0.05, 0.1) is 5.69 Å². The molecule has 5 nitrogen and oxygen atoms in total. The number of nitrogens with two attached hydrogens (primary N) is 1. The van der Waals surface area contributed by atoms with Crippen molar-refractivity contribution < 1.29 is 0 Å². The average Bonchev–Trinajstić information content (AvgIpc) is 2.71. The highest BCUT2D eigenvalue weighted by Crippen LogP contribution is 2.17. The van der Waals surface area contributed by atoms with Crippen molar-refractivity contribution in [3.05, 3.63) is 29.1 Å². The summed E-state index contributed by atoms with van der Waals surface area (Å²) in [5.74, 6) is 6.30. The predicted molar refractivity (Wildman–Crippen MR) is 57.4 cm³/mol. The van der Waals surface area contributed by atoms with Crippen LogP contribution in [0.1, 0.15) is 0 Å². The Labute approximate surface area is 85.0 Å². The first-order valence-electron chi connectivity index (χ1n) is 3.97. The van der Waals surface area contributed by atoms with Crippen LogP contribution in [-0.2, 0) is 0 Å². The molecule has 4 N–H and O–H groups in total. The number of rotatable bonds is 3. The summed E-state index contributed by atoms with van der Waals surface area (Å²) >= 11 is 1.62. The van der Waals surface area contributed by atoms with Gasteiger partial charge in [-0.15, -0.1) is 0 Å². The Morgan fingerprint density at radius 2 is 2.29 bits per heavy atom. The molecule has 72 valence electrons. The Hall–Kier alpha value is -1.66. The molecule has 0 aliphatic heterocycles. The van der Waals surface area contributed by atoms with Crippen LogP contribution in [0.2, 0.25) is 0 Å². The number of nitrogen functional groups attached to an aromatic ring is 1. The normalized spacial score (nSPS) is 9.79. The fourth-order valence-electron chi connectivity index (χ4n) is 0.981. The quantitative estimate of drug-likeness (QED) is 0.526. The Bertz CT molecular complexity index is 400. The lowest BCUT2D eigenvalue weighted by atomic mass is 10.5. The third kappa shape index (κ3) is 1.98. The summed E-state index contributed by atoms with van der Waals surface area (Å²) in [4.78, 5) is 8.01. The second-order valence-corrected chi connectivity index (χ2v) is 3.33. The number of hydrogen-bond donors (Lipinski definition) is 3. The third-order valence-electron chi connectivity index (χ3n) is 1.58. The molecule has 0 atom stereocenters. The maximum atomic E-state index is 5.19. The molecule has 0 fully saturated rings. The lowest BCUT2D eigenvalue weighted by molar-refractivity contribution is 1.12. The molecule has 0 saturated carbocycles. The number of hydrazine groups is 1. The van der Waals surface area contributed by atoms with E-state index >= 15 is 0 Å². The first kappa shape index (κ1) is 8.92. The Balaban J connectivity index is 2.17. The summed E-state index contributed by atoms with van der Waals surface area (Å²) < 4.78 is 0. The summed E-state index contributed by atoms with van der Waals surface area (Å²) in [6.07, 6.45) is 1.64. The molecule has 0 aliphatic rings. The molecule has 0 radical (unpaired) electrons. The van der Waals surface area contributed by atoms with Crippen molar-refractivity contribution in [1.29, 1.82) is 0 Å². The zero-order valence-electron chi connectivity index (χ0n) is 7.27. The van der Waals surface area contributed by atoms with E-state index in [1.165, 1.54) is 0 Å². The molecule has 2 rings (SSSR count). The zero-order valence-corrected chi connectivity index (χ0v) is 8.08. The highest BCUT2D eigenvalue weighted by molar-refractivity contribution is 7.08. The molecule has 2 heterocycles. The number of hydrogen-bond acceptors (Lipinski definition) is 6. The minimum atomic E-state index is 0.394. The van der Waals surface area contributed by atoms with Gasteiger partial charge in [0.15, 0.2) is 0 Å². The maximum Gasteiger partial charge on any atom is 0.239 e. The van der Waals surface area contributed by atoms with Gasteiger partial charge in [-0.3, -0.25) is 5.43 Å². The average molecular weight is 207 g/mol. The molecule has 6 heteroatoms. The molecule has 0 bridgehead atoms. The molecule has 0 aliphatic carbocycles. The Kier molecular flexibility index (Phi) is 2.57. The standard InChI is InChI=1S/C8H9N5S/c9-13-8-10-3-1-7(12-8)11-6-2-4-14-5-6/h1-5H,9H2,(H2,10,11,12,13). The Morgan fingerprint density at radius 3 is 3.00 bits per heavy atom. The van der Waals surface area contributed by atoms with Crippen LogP contribution >= 0.6 is 11.3 Å². The van der Waals surface area contributed by atoms with E-state index in [0.29, 0.717) is 11.8 Å². The number of nitrogens with one attached hydrogen (secondary N) is 2. The van der Waals surface area contributed by atoms with Crippen LogP contribution in [0.25, 0.3) is 0 Å². The van der Waals surface area contributed by atoms with E-state index in [9.17, 15) is 0 Å². The van der Waals surface area contributed by atoms with Crippen LogP contribution in [0.15, 0.2) is 29.1 Å². The van der Waals surface area contributed by atoms with E-state index in [2.05, 4.69) is 20.7 Å². The fraction of sp³-hybridized carbons (Fsp3) is 0. The van der Waals surface area contributed by atoms with Crippen LogP contribution in [-0.4, -0.2) is 9.97 Å². The van der Waals surface area contributed by atoms with E-state index < -0.39 is 0 Å². The summed E-state index contributed by atoms with van der Waals surface area (Å²) in [6.45, 7) is 0. The summed E-state index contributed by atoms with van der Waals surface area (Å²) in [5, 5.41) is 7.11. The van der Waals surface area contributed by atoms with E-state index in [-0.39, 0.29) is 0 Å². The molecule has 0 amide bonds. The highest BCUT2D eigenvalue weighted by atomic mass is 32.1. The van der Waals surface area contributed by atoms with Gasteiger partial charge in [0.2, 0.25) is 5.95 Å². The van der Waals surface area contributed by atoms with Gasteiger partial charge in [0, 0.05) is 11.6 Å². The third-order valence-corrected chi connectivity index (χ3v) is 2.26. The molecule has 0 spiro atoms. The van der Waals surface area contributed by atoms with Crippen molar-refractivity contribution in [1.82, 2.24) is 9.97 Å². The van der Waals surface area contributed by atoms with Gasteiger partial charge in [-0.25, -0.2) is 10.8 Å². The molecule has 2 aromatic rings. The number of nitrogens with zero attached hydrogens (tertiary/aromatic N) is 2. The lowest BCUT2D eigenvalue weighted by Gasteiger charge is -2.03. The number of aromatic nitrogens is 2. The van der Waals surface area contributed by atoms with Gasteiger partial charge in [0.25, 0.3) is 0 Å². The van der Waals surface area contributed by atoms with Crippen molar-refractivity contribution in [2.75, 3.05) is 10.7 Å². The number of thiophene rings is 1. The van der Waals surface area contributed by atoms with Crippen LogP contribution in [0.5, 0.6) is 0 Å². The van der Waals surface area contributed by atoms with E-state index in [0.717, 1.165) is 5.69 Å². The summed E-state index contributed by atoms with van der Waals surface area (Å²) in [5.41, 5.74) is 3.40. The summed E-state index contributed by atoms with van der Waals surface area (Å²) in [7, 11) is 0. The first-order chi connectivity index (χ1) is 6.88. The van der Waals surface area contributed by atoms with Crippen LogP contribution in [0.4, 0.5) is 17.5 Å². The van der Waals surface area contributed by atoms with Gasteiger partial charge in [-0.1, -0.05) is 0 Å². The predicted octanol–water partition coefficient (Wildman–Crippen LogP) is 1.57. The van der Waals surface area contributed by atoms with Gasteiger partial charge in [-0.2, -0.15) is 16.3 Å². The highest BCUT2D eigenvalue weighted by Gasteiger charge is 1.97. The van der Waals surface area contributed by atoms with Crippen molar-refractivity contribution in [3.63, 3.8) is 0 Å². The molecule has 0 saturated heterocycles. The second kappa shape index (κ2) is 4.03. The topological polar surface area (TPSA) is 75.9 Å². The van der Waals surface area contributed by atoms with Crippen LogP contribution in [0.3, 0.4) is 0 Å². The molecule has 0 aromatic carbocycles. The minimum Gasteiger partial charge on any atom is -0.339 e. The fourth-order valence-corrected chi connectivity index (χ4v) is 1.57. The van der Waals surface area contributed by atoms with Gasteiger partial charge < -0.3 is 5.32 Å². The number of anilines is 3. The minimum absolute atomic E-state index is 0.394. The van der Waals surface area contributed by atoms with Crippen molar-refractivity contribution >= 4 is 28.8 Å². The van der Waals surface area contributed by atoms with Gasteiger partial charge in [0.1, 0.15) is 5.82 Å². The molecule has 14 heavy (non-hydrogen) atoms. The van der Waals surface area contributed by atoms with E-state index in [1.807, 2.05) is 16.8 Å². The monoisotopic (exact) mass is 207 g/mol. The zero-order chi connectivity index (χ0) is 9.80. The Morgan fingerprint density at radius 1 is 1.36 bits per heavy atom. The van der Waals surface area contributed by atoms with E-state index in [1.54, 1.807) is 23.6 Å². The molecular formula is C8H9N5S. The molecular weight excluding hydrogens is 198 g/mol.